The second-order valence-corrected chi connectivity index (χ2v) is 5.86. The van der Waals surface area contributed by atoms with Gasteiger partial charge in [0, 0.05) is 29.0 Å². The van der Waals surface area contributed by atoms with E-state index >= 15 is 0 Å². The van der Waals surface area contributed by atoms with Crippen LogP contribution in [0.3, 0.4) is 0 Å². The highest BCUT2D eigenvalue weighted by Gasteiger charge is 2.30. The van der Waals surface area contributed by atoms with E-state index in [1.165, 1.54) is 6.07 Å². The minimum Gasteiger partial charge on any atom is -0.340 e. The Hall–Kier alpha value is -3.19. The third-order valence-electron chi connectivity index (χ3n) is 3.98. The Morgan fingerprint density at radius 1 is 0.857 bits per heavy atom. The first-order valence-corrected chi connectivity index (χ1v) is 8.12. The van der Waals surface area contributed by atoms with Gasteiger partial charge >= 0.3 is 6.18 Å². The maximum atomic E-state index is 13.0. The van der Waals surface area contributed by atoms with E-state index in [4.69, 9.17) is 0 Å². The van der Waals surface area contributed by atoms with E-state index in [2.05, 4.69) is 20.3 Å². The van der Waals surface area contributed by atoms with E-state index in [9.17, 15) is 13.2 Å². The molecule has 0 unspecified atom stereocenters. The second kappa shape index (κ2) is 7.82. The zero-order valence-electron chi connectivity index (χ0n) is 14.3. The number of halogens is 4. The minimum atomic E-state index is -4.41. The van der Waals surface area contributed by atoms with Crippen LogP contribution >= 0.6 is 12.4 Å². The molecular formula is C20H14ClF3N4. The molecule has 0 aliphatic carbocycles. The highest BCUT2D eigenvalue weighted by atomic mass is 35.5. The lowest BCUT2D eigenvalue weighted by atomic mass is 10.1. The zero-order chi connectivity index (χ0) is 18.9. The van der Waals surface area contributed by atoms with E-state index in [-0.39, 0.29) is 12.4 Å². The molecule has 4 aromatic rings. The van der Waals surface area contributed by atoms with Crippen molar-refractivity contribution in [1.82, 2.24) is 15.0 Å². The van der Waals surface area contributed by atoms with E-state index in [0.29, 0.717) is 28.2 Å². The molecule has 0 amide bonds. The summed E-state index contributed by atoms with van der Waals surface area (Å²) in [6.07, 6.45) is -1.13. The van der Waals surface area contributed by atoms with Crippen LogP contribution in [0.2, 0.25) is 0 Å². The summed E-state index contributed by atoms with van der Waals surface area (Å²) in [6, 6.07) is 15.9. The van der Waals surface area contributed by atoms with Crippen LogP contribution in [-0.4, -0.2) is 15.0 Å². The molecule has 4 rings (SSSR count). The van der Waals surface area contributed by atoms with Crippen LogP contribution in [0.5, 0.6) is 0 Å². The molecule has 0 saturated heterocycles. The lowest BCUT2D eigenvalue weighted by molar-refractivity contribution is -0.137. The smallest absolute Gasteiger partial charge is 0.340 e. The average molecular weight is 403 g/mol. The summed E-state index contributed by atoms with van der Waals surface area (Å²) in [4.78, 5) is 13.1. The van der Waals surface area contributed by atoms with Crippen LogP contribution in [0.4, 0.5) is 24.7 Å². The maximum Gasteiger partial charge on any atom is 0.416 e. The summed E-state index contributed by atoms with van der Waals surface area (Å²) in [5.41, 5.74) is 0.973. The molecule has 2 aromatic carbocycles. The second-order valence-electron chi connectivity index (χ2n) is 5.86. The first kappa shape index (κ1) is 19.6. The Morgan fingerprint density at radius 3 is 2.43 bits per heavy atom. The Balaban J connectivity index is 0.00000225. The minimum absolute atomic E-state index is 0. The molecule has 0 radical (unpaired) electrons. The number of alkyl halides is 3. The number of fused-ring (bicyclic) bond motifs is 1. The van der Waals surface area contributed by atoms with Gasteiger partial charge in [-0.05, 0) is 42.5 Å². The normalized spacial score (nSPS) is 11.1. The number of rotatable bonds is 3. The summed E-state index contributed by atoms with van der Waals surface area (Å²) in [5, 5.41) is 3.71. The molecule has 2 heterocycles. The molecule has 0 aliphatic heterocycles. The molecule has 1 N–H and O–H groups in total. The molecule has 0 bridgehead atoms. The van der Waals surface area contributed by atoms with E-state index < -0.39 is 11.7 Å². The third kappa shape index (κ3) is 4.04. The van der Waals surface area contributed by atoms with E-state index in [0.717, 1.165) is 17.7 Å². The average Bonchev–Trinajstić information content (AvgIpc) is 2.68. The molecule has 8 heteroatoms. The van der Waals surface area contributed by atoms with Crippen molar-refractivity contribution in [1.29, 1.82) is 0 Å². The van der Waals surface area contributed by atoms with E-state index in [1.807, 2.05) is 30.3 Å². The molecule has 0 spiro atoms. The standard InChI is InChI=1S/C20H13F3N4.ClH/c21-20(22,23)14-6-3-7-15(11-14)25-19-16-8-1-2-9-17(16)26-18(27-19)13-5-4-10-24-12-13;/h1-12H,(H,25,26,27);1H. The number of nitrogens with one attached hydrogen (secondary N) is 1. The SMILES string of the molecule is Cl.FC(F)(F)c1cccc(Nc2nc(-c3cccnc3)nc3ccccc23)c1. The number of nitrogens with zero attached hydrogens (tertiary/aromatic N) is 3. The summed E-state index contributed by atoms with van der Waals surface area (Å²) >= 11 is 0. The van der Waals surface area contributed by atoms with Gasteiger partial charge in [-0.2, -0.15) is 13.2 Å². The van der Waals surface area contributed by atoms with Crippen LogP contribution in [0, 0.1) is 0 Å². The monoisotopic (exact) mass is 402 g/mol. The fraction of sp³-hybridized carbons (Fsp3) is 0.0500. The van der Waals surface area contributed by atoms with Gasteiger partial charge in [-0.15, -0.1) is 12.4 Å². The van der Waals surface area contributed by atoms with Crippen LogP contribution in [-0.2, 0) is 6.18 Å². The number of pyridine rings is 1. The molecule has 0 aliphatic rings. The number of aromatic nitrogens is 3. The number of anilines is 2. The van der Waals surface area contributed by atoms with Gasteiger partial charge in [0.05, 0.1) is 11.1 Å². The molecule has 2 aromatic heterocycles. The zero-order valence-corrected chi connectivity index (χ0v) is 15.1. The summed E-state index contributed by atoms with van der Waals surface area (Å²) < 4.78 is 39.0. The quantitative estimate of drug-likeness (QED) is 0.465. The van der Waals surface area contributed by atoms with E-state index in [1.54, 1.807) is 24.5 Å². The fourth-order valence-corrected chi connectivity index (χ4v) is 2.71. The fourth-order valence-electron chi connectivity index (χ4n) is 2.71. The molecular weight excluding hydrogens is 389 g/mol. The predicted octanol–water partition coefficient (Wildman–Crippen LogP) is 5.88. The first-order valence-electron chi connectivity index (χ1n) is 8.12. The molecule has 4 nitrogen and oxygen atoms in total. The predicted molar refractivity (Wildman–Crippen MR) is 105 cm³/mol. The first-order chi connectivity index (χ1) is 13.0. The highest BCUT2D eigenvalue weighted by molar-refractivity contribution is 5.92. The van der Waals surface area contributed by atoms with Gasteiger partial charge in [0.15, 0.2) is 5.82 Å². The van der Waals surface area contributed by atoms with Crippen molar-refractivity contribution in [2.75, 3.05) is 5.32 Å². The van der Waals surface area contributed by atoms with Crippen molar-refractivity contribution < 1.29 is 13.2 Å². The molecule has 0 atom stereocenters. The third-order valence-corrected chi connectivity index (χ3v) is 3.98. The Labute approximate surface area is 164 Å². The highest BCUT2D eigenvalue weighted by Crippen LogP contribution is 2.32. The lowest BCUT2D eigenvalue weighted by Gasteiger charge is -2.13. The largest absolute Gasteiger partial charge is 0.416 e. The summed E-state index contributed by atoms with van der Waals surface area (Å²) in [5.74, 6) is 0.870. The molecule has 28 heavy (non-hydrogen) atoms. The maximum absolute atomic E-state index is 13.0. The summed E-state index contributed by atoms with van der Waals surface area (Å²) in [6.45, 7) is 0. The van der Waals surface area contributed by atoms with Gasteiger partial charge in [-0.3, -0.25) is 4.98 Å². The molecule has 0 fully saturated rings. The number of hydrogen-bond acceptors (Lipinski definition) is 4. The van der Waals surface area contributed by atoms with Crippen molar-refractivity contribution in [3.63, 3.8) is 0 Å². The van der Waals surface area contributed by atoms with Crippen LogP contribution in [0.15, 0.2) is 73.1 Å². The number of hydrogen-bond donors (Lipinski definition) is 1. The van der Waals surface area contributed by atoms with Crippen molar-refractivity contribution in [3.05, 3.63) is 78.6 Å². The Kier molecular flexibility index (Phi) is 5.46. The van der Waals surface area contributed by atoms with Gasteiger partial charge in [-0.1, -0.05) is 18.2 Å². The topological polar surface area (TPSA) is 50.7 Å². The molecule has 142 valence electrons. The van der Waals surface area contributed by atoms with Gasteiger partial charge < -0.3 is 5.32 Å². The summed E-state index contributed by atoms with van der Waals surface area (Å²) in [7, 11) is 0. The van der Waals surface area contributed by atoms with Crippen LogP contribution < -0.4 is 5.32 Å². The Bertz CT molecular complexity index is 1100. The van der Waals surface area contributed by atoms with Gasteiger partial charge in [-0.25, -0.2) is 9.97 Å². The van der Waals surface area contributed by atoms with Gasteiger partial charge in [0.2, 0.25) is 0 Å². The van der Waals surface area contributed by atoms with Crippen molar-refractivity contribution in [2.24, 2.45) is 0 Å². The van der Waals surface area contributed by atoms with Crippen LogP contribution in [0.25, 0.3) is 22.3 Å². The molecule has 0 saturated carbocycles. The van der Waals surface area contributed by atoms with Crippen molar-refractivity contribution in [3.8, 4) is 11.4 Å². The lowest BCUT2D eigenvalue weighted by Crippen LogP contribution is -2.06. The van der Waals surface area contributed by atoms with Crippen LogP contribution in [0.1, 0.15) is 5.56 Å². The van der Waals surface area contributed by atoms with Crippen molar-refractivity contribution >= 4 is 34.8 Å². The van der Waals surface area contributed by atoms with Gasteiger partial charge in [0.25, 0.3) is 0 Å². The number of benzene rings is 2. The Morgan fingerprint density at radius 2 is 1.68 bits per heavy atom. The van der Waals surface area contributed by atoms with Crippen molar-refractivity contribution in [2.45, 2.75) is 6.18 Å². The number of para-hydroxylation sites is 1. The van der Waals surface area contributed by atoms with Gasteiger partial charge in [0.1, 0.15) is 5.82 Å².